The molecular weight excluding hydrogens is 348 g/mol. The highest BCUT2D eigenvalue weighted by Crippen LogP contribution is 2.29. The Hall–Kier alpha value is -2.18. The van der Waals surface area contributed by atoms with Crippen molar-refractivity contribution in [3.05, 3.63) is 53.6 Å². The number of carbonyl (C=O) groups excluding carboxylic acids is 1. The predicted molar refractivity (Wildman–Crippen MR) is 105 cm³/mol. The normalized spacial score (nSPS) is 14.8. The second-order valence-corrected chi connectivity index (χ2v) is 8.71. The van der Waals surface area contributed by atoms with Gasteiger partial charge >= 0.3 is 0 Å². The maximum atomic E-state index is 11.8. The van der Waals surface area contributed by atoms with Crippen molar-refractivity contribution >= 4 is 21.6 Å². The van der Waals surface area contributed by atoms with Crippen LogP contribution in [0.15, 0.2) is 42.5 Å². The molecule has 0 fully saturated rings. The van der Waals surface area contributed by atoms with Gasteiger partial charge in [0.1, 0.15) is 0 Å². The Bertz CT molecular complexity index is 905. The van der Waals surface area contributed by atoms with Gasteiger partial charge in [-0.15, -0.1) is 0 Å². The number of amides is 1. The number of hydrogen-bond donors (Lipinski definition) is 2. The van der Waals surface area contributed by atoms with E-state index in [0.29, 0.717) is 19.4 Å². The van der Waals surface area contributed by atoms with Crippen LogP contribution in [0, 0.1) is 0 Å². The molecular formula is C20H24N2O3S. The smallest absolute Gasteiger partial charge is 0.228 e. The molecule has 1 heterocycles. The molecule has 1 aliphatic heterocycles. The standard InChI is InChI=1S/C20H24N2O3S/c1-3-10-26(24,25)21-13-14(2)15-4-6-16(7-5-15)17-8-9-19-18(11-17)12-20(23)22-19/h4-9,11,14,21H,3,10,12-13H2,1-2H3,(H,22,23)/t14-/m0/s1. The molecule has 2 aromatic rings. The van der Waals surface area contributed by atoms with Gasteiger partial charge in [0.25, 0.3) is 0 Å². The number of fused-ring (bicyclic) bond motifs is 1. The van der Waals surface area contributed by atoms with Crippen molar-refractivity contribution in [1.29, 1.82) is 0 Å². The Morgan fingerprint density at radius 2 is 1.81 bits per heavy atom. The number of anilines is 1. The molecule has 26 heavy (non-hydrogen) atoms. The van der Waals surface area contributed by atoms with E-state index in [1.54, 1.807) is 0 Å². The minimum absolute atomic E-state index is 0.0341. The maximum absolute atomic E-state index is 11.8. The highest BCUT2D eigenvalue weighted by molar-refractivity contribution is 7.89. The van der Waals surface area contributed by atoms with E-state index >= 15 is 0 Å². The lowest BCUT2D eigenvalue weighted by Crippen LogP contribution is -2.29. The fourth-order valence-corrected chi connectivity index (χ4v) is 4.31. The zero-order valence-electron chi connectivity index (χ0n) is 15.1. The lowest BCUT2D eigenvalue weighted by molar-refractivity contribution is -0.115. The largest absolute Gasteiger partial charge is 0.326 e. The van der Waals surface area contributed by atoms with E-state index in [4.69, 9.17) is 0 Å². The third-order valence-corrected chi connectivity index (χ3v) is 6.18. The van der Waals surface area contributed by atoms with Gasteiger partial charge in [-0.25, -0.2) is 13.1 Å². The summed E-state index contributed by atoms with van der Waals surface area (Å²) in [5, 5.41) is 2.84. The number of nitrogens with one attached hydrogen (secondary N) is 2. The van der Waals surface area contributed by atoms with Crippen LogP contribution in [-0.2, 0) is 21.2 Å². The summed E-state index contributed by atoms with van der Waals surface area (Å²) in [4.78, 5) is 11.5. The van der Waals surface area contributed by atoms with E-state index < -0.39 is 10.0 Å². The van der Waals surface area contributed by atoms with Crippen molar-refractivity contribution in [3.63, 3.8) is 0 Å². The van der Waals surface area contributed by atoms with Crippen molar-refractivity contribution < 1.29 is 13.2 Å². The van der Waals surface area contributed by atoms with E-state index in [1.165, 1.54) is 0 Å². The molecule has 5 nitrogen and oxygen atoms in total. The van der Waals surface area contributed by atoms with Gasteiger partial charge < -0.3 is 5.32 Å². The van der Waals surface area contributed by atoms with Crippen LogP contribution in [0.4, 0.5) is 5.69 Å². The average molecular weight is 372 g/mol. The van der Waals surface area contributed by atoms with Gasteiger partial charge in [0.2, 0.25) is 15.9 Å². The first-order valence-electron chi connectivity index (χ1n) is 8.88. The number of rotatable bonds is 7. The Morgan fingerprint density at radius 1 is 1.12 bits per heavy atom. The first-order valence-corrected chi connectivity index (χ1v) is 10.5. The minimum atomic E-state index is -3.18. The first kappa shape index (κ1) is 18.6. The van der Waals surface area contributed by atoms with E-state index in [-0.39, 0.29) is 17.6 Å². The third kappa shape index (κ3) is 4.31. The molecule has 0 saturated carbocycles. The molecule has 0 radical (unpaired) electrons. The SMILES string of the molecule is CCCS(=O)(=O)NC[C@H](C)c1ccc(-c2ccc3c(c2)CC(=O)N3)cc1. The Labute approximate surface area is 154 Å². The van der Waals surface area contributed by atoms with Crippen molar-refractivity contribution in [2.75, 3.05) is 17.6 Å². The topological polar surface area (TPSA) is 75.3 Å². The molecule has 1 aliphatic rings. The lowest BCUT2D eigenvalue weighted by Gasteiger charge is -2.14. The van der Waals surface area contributed by atoms with E-state index in [2.05, 4.69) is 10.0 Å². The summed E-state index contributed by atoms with van der Waals surface area (Å²) in [7, 11) is -3.18. The molecule has 0 unspecified atom stereocenters. The highest BCUT2D eigenvalue weighted by Gasteiger charge is 2.18. The van der Waals surface area contributed by atoms with E-state index in [0.717, 1.165) is 27.9 Å². The van der Waals surface area contributed by atoms with Crippen LogP contribution in [0.2, 0.25) is 0 Å². The van der Waals surface area contributed by atoms with Crippen LogP contribution in [0.5, 0.6) is 0 Å². The second kappa shape index (κ2) is 7.60. The van der Waals surface area contributed by atoms with E-state index in [9.17, 15) is 13.2 Å². The lowest BCUT2D eigenvalue weighted by atomic mass is 9.96. The van der Waals surface area contributed by atoms with Crippen molar-refractivity contribution in [2.24, 2.45) is 0 Å². The molecule has 0 saturated heterocycles. The van der Waals surface area contributed by atoms with Crippen LogP contribution in [0.1, 0.15) is 37.3 Å². The van der Waals surface area contributed by atoms with Crippen molar-refractivity contribution in [2.45, 2.75) is 32.6 Å². The summed E-state index contributed by atoms with van der Waals surface area (Å²) in [6, 6.07) is 14.1. The zero-order chi connectivity index (χ0) is 18.7. The van der Waals surface area contributed by atoms with Gasteiger partial charge in [-0.05, 0) is 46.7 Å². The monoisotopic (exact) mass is 372 g/mol. The molecule has 0 spiro atoms. The fourth-order valence-electron chi connectivity index (χ4n) is 3.12. The van der Waals surface area contributed by atoms with E-state index in [1.807, 2.05) is 56.3 Å². The molecule has 0 aromatic heterocycles. The summed E-state index contributed by atoms with van der Waals surface area (Å²) >= 11 is 0. The number of benzene rings is 2. The van der Waals surface area contributed by atoms with Gasteiger partial charge in [0.05, 0.1) is 12.2 Å². The Kier molecular flexibility index (Phi) is 5.44. The Balaban J connectivity index is 1.69. The molecule has 138 valence electrons. The summed E-state index contributed by atoms with van der Waals surface area (Å²) in [6.07, 6.45) is 1.04. The van der Waals surface area contributed by atoms with Crippen LogP contribution in [0.3, 0.4) is 0 Å². The summed E-state index contributed by atoms with van der Waals surface area (Å²) in [6.45, 7) is 4.26. The van der Waals surface area contributed by atoms with Gasteiger partial charge in [-0.3, -0.25) is 4.79 Å². The molecule has 0 bridgehead atoms. The van der Waals surface area contributed by atoms with Crippen LogP contribution < -0.4 is 10.0 Å². The number of carbonyl (C=O) groups is 1. The van der Waals surface area contributed by atoms with Crippen LogP contribution in [0.25, 0.3) is 11.1 Å². The quantitative estimate of drug-likeness (QED) is 0.783. The third-order valence-electron chi connectivity index (χ3n) is 4.63. The Morgan fingerprint density at radius 3 is 2.50 bits per heavy atom. The molecule has 0 aliphatic carbocycles. The second-order valence-electron chi connectivity index (χ2n) is 6.79. The fraction of sp³-hybridized carbons (Fsp3) is 0.350. The van der Waals surface area contributed by atoms with Gasteiger partial charge in [-0.2, -0.15) is 0 Å². The molecule has 2 aromatic carbocycles. The number of hydrogen-bond acceptors (Lipinski definition) is 3. The molecule has 3 rings (SSSR count). The molecule has 1 atom stereocenters. The first-order chi connectivity index (χ1) is 12.4. The van der Waals surface area contributed by atoms with Crippen molar-refractivity contribution in [3.8, 4) is 11.1 Å². The van der Waals surface area contributed by atoms with Crippen molar-refractivity contribution in [1.82, 2.24) is 4.72 Å². The zero-order valence-corrected chi connectivity index (χ0v) is 15.9. The average Bonchev–Trinajstić information content (AvgIpc) is 2.99. The minimum Gasteiger partial charge on any atom is -0.326 e. The summed E-state index contributed by atoms with van der Waals surface area (Å²) in [5.41, 5.74) is 5.15. The molecule has 2 N–H and O–H groups in total. The summed E-state index contributed by atoms with van der Waals surface area (Å²) in [5.74, 6) is 0.290. The molecule has 1 amide bonds. The van der Waals surface area contributed by atoms with Crippen LogP contribution in [-0.4, -0.2) is 26.6 Å². The summed E-state index contributed by atoms with van der Waals surface area (Å²) < 4.78 is 26.2. The predicted octanol–water partition coefficient (Wildman–Crippen LogP) is 3.28. The van der Waals surface area contributed by atoms with Gasteiger partial charge in [-0.1, -0.05) is 44.2 Å². The van der Waals surface area contributed by atoms with Crippen LogP contribution >= 0.6 is 0 Å². The highest BCUT2D eigenvalue weighted by atomic mass is 32.2. The molecule has 6 heteroatoms. The number of sulfonamides is 1. The maximum Gasteiger partial charge on any atom is 0.228 e. The van der Waals surface area contributed by atoms with Gasteiger partial charge in [0.15, 0.2) is 0 Å². The van der Waals surface area contributed by atoms with Gasteiger partial charge in [0, 0.05) is 12.2 Å².